The van der Waals surface area contributed by atoms with Crippen LogP contribution in [0.15, 0.2) is 91.1 Å². The van der Waals surface area contributed by atoms with E-state index in [0.29, 0.717) is 0 Å². The summed E-state index contributed by atoms with van der Waals surface area (Å²) in [6, 6.07) is 29.6. The van der Waals surface area contributed by atoms with Gasteiger partial charge in [-0.25, -0.2) is 4.98 Å². The molecule has 128 valence electrons. The average molecular weight is 346 g/mol. The van der Waals surface area contributed by atoms with Crippen molar-refractivity contribution >= 4 is 21.8 Å². The van der Waals surface area contributed by atoms with E-state index in [1.54, 1.807) is 0 Å². The molecular formula is C25H18N2. The lowest BCUT2D eigenvalue weighted by Gasteiger charge is -2.08. The number of aryl methyl sites for hydroxylation is 1. The van der Waals surface area contributed by atoms with Gasteiger partial charge in [-0.1, -0.05) is 66.7 Å². The van der Waals surface area contributed by atoms with Gasteiger partial charge in [0, 0.05) is 22.5 Å². The molecule has 0 bridgehead atoms. The first-order valence-corrected chi connectivity index (χ1v) is 9.10. The number of aromatic nitrogens is 2. The maximum absolute atomic E-state index is 4.98. The number of hydrogen-bond donors (Lipinski definition) is 0. The van der Waals surface area contributed by atoms with Gasteiger partial charge in [0.2, 0.25) is 0 Å². The van der Waals surface area contributed by atoms with Crippen molar-refractivity contribution in [3.63, 3.8) is 0 Å². The molecule has 3 aromatic carbocycles. The lowest BCUT2D eigenvalue weighted by molar-refractivity contribution is 1.32. The molecule has 0 radical (unpaired) electrons. The van der Waals surface area contributed by atoms with Crippen molar-refractivity contribution in [3.8, 4) is 22.4 Å². The maximum Gasteiger partial charge on any atom is 0.0972 e. The fourth-order valence-electron chi connectivity index (χ4n) is 3.54. The van der Waals surface area contributed by atoms with Crippen LogP contribution in [-0.4, -0.2) is 9.97 Å². The largest absolute Gasteiger partial charge is 0.254 e. The molecule has 0 saturated carbocycles. The van der Waals surface area contributed by atoms with Crippen LogP contribution in [0, 0.1) is 6.92 Å². The molecule has 2 aromatic heterocycles. The van der Waals surface area contributed by atoms with Gasteiger partial charge in [0.1, 0.15) is 0 Å². The summed E-state index contributed by atoms with van der Waals surface area (Å²) in [5, 5.41) is 2.24. The van der Waals surface area contributed by atoms with E-state index < -0.39 is 0 Å². The molecule has 0 saturated heterocycles. The van der Waals surface area contributed by atoms with Crippen molar-refractivity contribution in [3.05, 3.63) is 96.7 Å². The first-order valence-electron chi connectivity index (χ1n) is 9.10. The summed E-state index contributed by atoms with van der Waals surface area (Å²) in [7, 11) is 0. The van der Waals surface area contributed by atoms with Crippen LogP contribution in [0.25, 0.3) is 44.2 Å². The van der Waals surface area contributed by atoms with Crippen LogP contribution in [0.2, 0.25) is 0 Å². The summed E-state index contributed by atoms with van der Waals surface area (Å²) in [4.78, 5) is 9.62. The SMILES string of the molecule is Cc1cnc2c(ccc3ccc(-c4cccc(-c5ccccc5)c4)nc32)c1. The van der Waals surface area contributed by atoms with E-state index >= 15 is 0 Å². The monoisotopic (exact) mass is 346 g/mol. The van der Waals surface area contributed by atoms with Gasteiger partial charge in [0.25, 0.3) is 0 Å². The normalized spacial score (nSPS) is 11.1. The fraction of sp³-hybridized carbons (Fsp3) is 0.0400. The lowest BCUT2D eigenvalue weighted by Crippen LogP contribution is -1.90. The van der Waals surface area contributed by atoms with E-state index in [0.717, 1.165) is 38.6 Å². The van der Waals surface area contributed by atoms with Crippen molar-refractivity contribution in [1.82, 2.24) is 9.97 Å². The smallest absolute Gasteiger partial charge is 0.0972 e. The summed E-state index contributed by atoms with van der Waals surface area (Å²) in [5.74, 6) is 0. The molecule has 0 spiro atoms. The van der Waals surface area contributed by atoms with Crippen molar-refractivity contribution in [2.24, 2.45) is 0 Å². The van der Waals surface area contributed by atoms with Crippen LogP contribution in [-0.2, 0) is 0 Å². The molecule has 2 heteroatoms. The van der Waals surface area contributed by atoms with Gasteiger partial charge in [-0.15, -0.1) is 0 Å². The van der Waals surface area contributed by atoms with E-state index in [1.165, 1.54) is 11.1 Å². The van der Waals surface area contributed by atoms with Crippen molar-refractivity contribution in [2.75, 3.05) is 0 Å². The molecule has 27 heavy (non-hydrogen) atoms. The van der Waals surface area contributed by atoms with Crippen molar-refractivity contribution < 1.29 is 0 Å². The van der Waals surface area contributed by atoms with Crippen LogP contribution in [0.1, 0.15) is 5.56 Å². The Balaban J connectivity index is 1.68. The van der Waals surface area contributed by atoms with Crippen LogP contribution in [0.5, 0.6) is 0 Å². The molecule has 0 aliphatic rings. The Morgan fingerprint density at radius 1 is 0.593 bits per heavy atom. The lowest BCUT2D eigenvalue weighted by atomic mass is 10.0. The van der Waals surface area contributed by atoms with Gasteiger partial charge in [-0.3, -0.25) is 4.98 Å². The molecule has 5 rings (SSSR count). The second-order valence-corrected chi connectivity index (χ2v) is 6.86. The van der Waals surface area contributed by atoms with Crippen molar-refractivity contribution in [2.45, 2.75) is 6.92 Å². The van der Waals surface area contributed by atoms with E-state index in [-0.39, 0.29) is 0 Å². The maximum atomic E-state index is 4.98. The van der Waals surface area contributed by atoms with E-state index in [1.807, 2.05) is 12.3 Å². The number of benzene rings is 3. The summed E-state index contributed by atoms with van der Waals surface area (Å²) < 4.78 is 0. The Bertz CT molecular complexity index is 1270. The first-order chi connectivity index (χ1) is 13.3. The number of fused-ring (bicyclic) bond motifs is 3. The number of hydrogen-bond acceptors (Lipinski definition) is 2. The third-order valence-corrected chi connectivity index (χ3v) is 4.91. The molecule has 0 fully saturated rings. The minimum atomic E-state index is 0.954. The van der Waals surface area contributed by atoms with Crippen LogP contribution >= 0.6 is 0 Å². The molecule has 0 aliphatic carbocycles. The average Bonchev–Trinajstić information content (AvgIpc) is 2.74. The number of rotatable bonds is 2. The van der Waals surface area contributed by atoms with Gasteiger partial charge in [-0.05, 0) is 41.8 Å². The van der Waals surface area contributed by atoms with Crippen LogP contribution in [0.3, 0.4) is 0 Å². The summed E-state index contributed by atoms with van der Waals surface area (Å²) in [6.45, 7) is 2.07. The number of pyridine rings is 2. The van der Waals surface area contributed by atoms with Crippen LogP contribution in [0.4, 0.5) is 0 Å². The highest BCUT2D eigenvalue weighted by molar-refractivity contribution is 6.03. The van der Waals surface area contributed by atoms with Gasteiger partial charge in [-0.2, -0.15) is 0 Å². The Kier molecular flexibility index (Phi) is 3.68. The molecule has 0 unspecified atom stereocenters. The summed E-state index contributed by atoms with van der Waals surface area (Å²) >= 11 is 0. The van der Waals surface area contributed by atoms with E-state index in [4.69, 9.17) is 4.98 Å². The Morgan fingerprint density at radius 3 is 2.22 bits per heavy atom. The third kappa shape index (κ3) is 2.85. The Labute approximate surface area is 158 Å². The fourth-order valence-corrected chi connectivity index (χ4v) is 3.54. The zero-order valence-corrected chi connectivity index (χ0v) is 15.1. The third-order valence-electron chi connectivity index (χ3n) is 4.91. The van der Waals surface area contributed by atoms with E-state index in [2.05, 4.69) is 90.8 Å². The topological polar surface area (TPSA) is 25.8 Å². The zero-order chi connectivity index (χ0) is 18.2. The molecule has 0 aliphatic heterocycles. The Hall–Kier alpha value is -3.52. The molecule has 0 N–H and O–H groups in total. The van der Waals surface area contributed by atoms with Crippen molar-refractivity contribution in [1.29, 1.82) is 0 Å². The molecule has 0 amide bonds. The predicted molar refractivity (Wildman–Crippen MR) is 113 cm³/mol. The molecule has 5 aromatic rings. The minimum Gasteiger partial charge on any atom is -0.254 e. The summed E-state index contributed by atoms with van der Waals surface area (Å²) in [6.07, 6.45) is 1.91. The van der Waals surface area contributed by atoms with Gasteiger partial charge >= 0.3 is 0 Å². The van der Waals surface area contributed by atoms with Gasteiger partial charge in [0.05, 0.1) is 16.7 Å². The second-order valence-electron chi connectivity index (χ2n) is 6.86. The Morgan fingerprint density at radius 2 is 1.33 bits per heavy atom. The van der Waals surface area contributed by atoms with Crippen LogP contribution < -0.4 is 0 Å². The highest BCUT2D eigenvalue weighted by Crippen LogP contribution is 2.29. The molecule has 2 nitrogen and oxygen atoms in total. The highest BCUT2D eigenvalue weighted by atomic mass is 14.8. The zero-order valence-electron chi connectivity index (χ0n) is 15.1. The molecular weight excluding hydrogens is 328 g/mol. The molecule has 2 heterocycles. The quantitative estimate of drug-likeness (QED) is 0.344. The molecule has 0 atom stereocenters. The van der Waals surface area contributed by atoms with E-state index in [9.17, 15) is 0 Å². The predicted octanol–water partition coefficient (Wildman–Crippen LogP) is 6.43. The van der Waals surface area contributed by atoms with Gasteiger partial charge < -0.3 is 0 Å². The highest BCUT2D eigenvalue weighted by Gasteiger charge is 2.07. The number of nitrogens with zero attached hydrogens (tertiary/aromatic N) is 2. The summed E-state index contributed by atoms with van der Waals surface area (Å²) in [5.41, 5.74) is 7.56. The second kappa shape index (κ2) is 6.33. The first kappa shape index (κ1) is 15.7. The minimum absolute atomic E-state index is 0.954. The van der Waals surface area contributed by atoms with Gasteiger partial charge in [0.15, 0.2) is 0 Å². The standard InChI is InChI=1S/C25H18N2/c1-17-14-22-11-10-19-12-13-23(27-25(19)24(22)26-16-17)21-9-5-8-20(15-21)18-6-3-2-4-7-18/h2-16H,1H3.